The highest BCUT2D eigenvalue weighted by Crippen LogP contribution is 2.57. The van der Waals surface area contributed by atoms with E-state index in [0.717, 1.165) is 29.9 Å². The molecule has 0 radical (unpaired) electrons. The van der Waals surface area contributed by atoms with E-state index in [2.05, 4.69) is 37.9 Å². The van der Waals surface area contributed by atoms with Gasteiger partial charge in [0, 0.05) is 44.2 Å². The number of Topliss-reactive ketones (excluding diaryl/α,β-unsaturated/α-hetero) is 1. The number of hydrogen-bond acceptors (Lipinski definition) is 5. The van der Waals surface area contributed by atoms with Gasteiger partial charge in [-0.05, 0) is 47.9 Å². The molecular formula is C23H31N3O4. The van der Waals surface area contributed by atoms with E-state index in [1.165, 1.54) is 12.6 Å². The van der Waals surface area contributed by atoms with Gasteiger partial charge in [-0.1, -0.05) is 13.8 Å². The summed E-state index contributed by atoms with van der Waals surface area (Å²) < 4.78 is 5.41. The average Bonchev–Trinajstić information content (AvgIpc) is 3.16. The quantitative estimate of drug-likeness (QED) is 0.821. The number of nitrogens with one attached hydrogen (secondary N) is 1. The van der Waals surface area contributed by atoms with Gasteiger partial charge in [0.2, 0.25) is 5.91 Å². The number of rotatable bonds is 4. The van der Waals surface area contributed by atoms with Crippen LogP contribution in [0.4, 0.5) is 16.2 Å². The second kappa shape index (κ2) is 7.00. The lowest BCUT2D eigenvalue weighted by atomic mass is 9.71. The van der Waals surface area contributed by atoms with Crippen LogP contribution in [0, 0.1) is 24.7 Å². The van der Waals surface area contributed by atoms with Crippen LogP contribution in [0.5, 0.6) is 0 Å². The zero-order valence-electron chi connectivity index (χ0n) is 18.5. The number of anilines is 2. The molecule has 2 amide bonds. The summed E-state index contributed by atoms with van der Waals surface area (Å²) in [5.41, 5.74) is 4.26. The molecule has 1 aliphatic carbocycles. The van der Waals surface area contributed by atoms with Crippen molar-refractivity contribution >= 4 is 29.2 Å². The van der Waals surface area contributed by atoms with Crippen LogP contribution < -0.4 is 15.1 Å². The van der Waals surface area contributed by atoms with Gasteiger partial charge in [0.1, 0.15) is 11.9 Å². The van der Waals surface area contributed by atoms with Crippen molar-refractivity contribution in [3.8, 4) is 0 Å². The van der Waals surface area contributed by atoms with Crippen LogP contribution in [0.25, 0.3) is 0 Å². The van der Waals surface area contributed by atoms with Crippen LogP contribution in [-0.4, -0.2) is 50.1 Å². The van der Waals surface area contributed by atoms with Gasteiger partial charge in [0.05, 0.1) is 13.1 Å². The van der Waals surface area contributed by atoms with Crippen LogP contribution in [0.1, 0.15) is 44.7 Å². The third-order valence-corrected chi connectivity index (χ3v) is 7.27. The maximum atomic E-state index is 12.4. The van der Waals surface area contributed by atoms with E-state index in [9.17, 15) is 14.4 Å². The van der Waals surface area contributed by atoms with Crippen molar-refractivity contribution in [1.29, 1.82) is 0 Å². The first-order valence-electron chi connectivity index (χ1n) is 10.6. The van der Waals surface area contributed by atoms with Crippen molar-refractivity contribution in [3.63, 3.8) is 0 Å². The zero-order valence-corrected chi connectivity index (χ0v) is 18.5. The van der Waals surface area contributed by atoms with Crippen LogP contribution in [0.3, 0.4) is 0 Å². The predicted octanol–water partition coefficient (Wildman–Crippen LogP) is 2.96. The van der Waals surface area contributed by atoms with E-state index in [4.69, 9.17) is 4.74 Å². The summed E-state index contributed by atoms with van der Waals surface area (Å²) in [5, 5.41) is 2.70. The molecule has 2 saturated heterocycles. The third-order valence-electron chi connectivity index (χ3n) is 7.27. The molecule has 2 heterocycles. The Kier molecular flexibility index (Phi) is 4.83. The number of cyclic esters (lactones) is 1. The number of ether oxygens (including phenoxy) is 1. The Morgan fingerprint density at radius 3 is 2.23 bits per heavy atom. The minimum Gasteiger partial charge on any atom is -0.442 e. The molecular weight excluding hydrogens is 382 g/mol. The number of ketones is 1. The smallest absolute Gasteiger partial charge is 0.414 e. The first-order valence-corrected chi connectivity index (χ1v) is 10.6. The van der Waals surface area contributed by atoms with E-state index in [1.807, 2.05) is 12.1 Å². The third kappa shape index (κ3) is 3.34. The van der Waals surface area contributed by atoms with Crippen molar-refractivity contribution in [2.75, 3.05) is 36.0 Å². The summed E-state index contributed by atoms with van der Waals surface area (Å²) in [5.74, 6) is 0.241. The Hall–Kier alpha value is -2.57. The number of nitrogens with zero attached hydrogens (tertiary/aromatic N) is 2. The second-order valence-electron chi connectivity index (χ2n) is 9.85. The summed E-state index contributed by atoms with van der Waals surface area (Å²) in [6.07, 6.45) is 0.583. The van der Waals surface area contributed by atoms with Gasteiger partial charge >= 0.3 is 6.09 Å². The topological polar surface area (TPSA) is 79.0 Å². The molecule has 7 nitrogen and oxygen atoms in total. The largest absolute Gasteiger partial charge is 0.442 e. The Bertz CT molecular complexity index is 884. The van der Waals surface area contributed by atoms with E-state index in [0.29, 0.717) is 31.7 Å². The lowest BCUT2D eigenvalue weighted by Gasteiger charge is -2.30. The number of aryl methyl sites for hydroxylation is 2. The molecule has 0 spiro atoms. The monoisotopic (exact) mass is 413 g/mol. The van der Waals surface area contributed by atoms with Crippen molar-refractivity contribution < 1.29 is 19.1 Å². The van der Waals surface area contributed by atoms with Crippen LogP contribution in [-0.2, 0) is 14.3 Å². The van der Waals surface area contributed by atoms with Crippen LogP contribution >= 0.6 is 0 Å². The van der Waals surface area contributed by atoms with Gasteiger partial charge < -0.3 is 15.0 Å². The fourth-order valence-electron chi connectivity index (χ4n) is 5.59. The molecule has 7 heteroatoms. The summed E-state index contributed by atoms with van der Waals surface area (Å²) in [6, 6.07) is 4.07. The standard InChI is InChI=1S/C23H31N3O4/c1-14-6-17(26-11-19(30-21(26)29)10-24-16(3)27)7-15(2)20(14)25-12-22(4)8-18(28)9-23(22,5)13-25/h6-7,19H,8-13H2,1-5H3,(H,24,27)/t19-,22?,23?/m0/s1. The average molecular weight is 414 g/mol. The van der Waals surface area contributed by atoms with E-state index >= 15 is 0 Å². The van der Waals surface area contributed by atoms with E-state index < -0.39 is 0 Å². The van der Waals surface area contributed by atoms with Gasteiger partial charge in [0.25, 0.3) is 0 Å². The molecule has 3 atom stereocenters. The number of amides is 2. The minimum absolute atomic E-state index is 0.0112. The zero-order chi connectivity index (χ0) is 21.8. The van der Waals surface area contributed by atoms with Gasteiger partial charge in [-0.3, -0.25) is 14.5 Å². The van der Waals surface area contributed by atoms with Crippen molar-refractivity contribution in [3.05, 3.63) is 23.3 Å². The van der Waals surface area contributed by atoms with E-state index in [1.54, 1.807) is 4.90 Å². The summed E-state index contributed by atoms with van der Waals surface area (Å²) in [6.45, 7) is 12.6. The molecule has 4 rings (SSSR count). The Balaban J connectivity index is 1.55. The van der Waals surface area contributed by atoms with Gasteiger partial charge in [0.15, 0.2) is 0 Å². The maximum Gasteiger partial charge on any atom is 0.414 e. The van der Waals surface area contributed by atoms with Crippen LogP contribution in [0.15, 0.2) is 12.1 Å². The molecule has 1 aromatic rings. The highest BCUT2D eigenvalue weighted by atomic mass is 16.6. The molecule has 3 fully saturated rings. The summed E-state index contributed by atoms with van der Waals surface area (Å²) >= 11 is 0. The van der Waals surface area contributed by atoms with Gasteiger partial charge in [-0.25, -0.2) is 4.79 Å². The molecule has 162 valence electrons. The molecule has 2 unspecified atom stereocenters. The molecule has 0 bridgehead atoms. The number of benzene rings is 1. The second-order valence-corrected chi connectivity index (χ2v) is 9.85. The first-order chi connectivity index (χ1) is 14.0. The molecule has 3 aliphatic rings. The fraction of sp³-hybridized carbons (Fsp3) is 0.609. The minimum atomic E-state index is -0.383. The SMILES string of the molecule is CC(=O)NC[C@H]1CN(c2cc(C)c(N3CC4(C)CC(=O)CC4(C)C3)c(C)c2)C(=O)O1. The summed E-state index contributed by atoms with van der Waals surface area (Å²) in [4.78, 5) is 39.7. The Morgan fingerprint density at radius 2 is 1.70 bits per heavy atom. The highest BCUT2D eigenvalue weighted by Gasteiger charge is 2.58. The van der Waals surface area contributed by atoms with Crippen molar-refractivity contribution in [2.45, 2.75) is 53.6 Å². The maximum absolute atomic E-state index is 12.4. The number of carbonyl (C=O) groups is 3. The normalized spacial score (nSPS) is 30.6. The molecule has 1 N–H and O–H groups in total. The molecule has 30 heavy (non-hydrogen) atoms. The van der Waals surface area contributed by atoms with Crippen molar-refractivity contribution in [2.24, 2.45) is 10.8 Å². The first kappa shape index (κ1) is 20.7. The van der Waals surface area contributed by atoms with Crippen LogP contribution in [0.2, 0.25) is 0 Å². The fourth-order valence-corrected chi connectivity index (χ4v) is 5.59. The molecule has 2 aliphatic heterocycles. The van der Waals surface area contributed by atoms with Crippen molar-refractivity contribution in [1.82, 2.24) is 5.32 Å². The molecule has 0 aromatic heterocycles. The van der Waals surface area contributed by atoms with Gasteiger partial charge in [-0.2, -0.15) is 0 Å². The molecule has 1 saturated carbocycles. The van der Waals surface area contributed by atoms with Gasteiger partial charge in [-0.15, -0.1) is 0 Å². The number of hydrogen-bond donors (Lipinski definition) is 1. The number of carbonyl (C=O) groups excluding carboxylic acids is 3. The Labute approximate surface area is 177 Å². The lowest BCUT2D eigenvalue weighted by molar-refractivity contribution is -0.119. The lowest BCUT2D eigenvalue weighted by Crippen LogP contribution is -2.33. The number of fused-ring (bicyclic) bond motifs is 1. The highest BCUT2D eigenvalue weighted by molar-refractivity contribution is 5.91. The Morgan fingerprint density at radius 1 is 1.13 bits per heavy atom. The van der Waals surface area contributed by atoms with E-state index in [-0.39, 0.29) is 28.9 Å². The predicted molar refractivity (Wildman–Crippen MR) is 115 cm³/mol. The summed E-state index contributed by atoms with van der Waals surface area (Å²) in [7, 11) is 0. The molecule has 1 aromatic carbocycles.